The molecule has 0 saturated carbocycles. The molecule has 4 nitrogen and oxygen atoms in total. The number of rotatable bonds is 3. The Bertz CT molecular complexity index is 546. The lowest BCUT2D eigenvalue weighted by molar-refractivity contribution is -0.274. The Hall–Kier alpha value is -2.15. The number of aliphatic hydroxyl groups is 1. The van der Waals surface area contributed by atoms with E-state index in [4.69, 9.17) is 0 Å². The second-order valence-corrected chi connectivity index (χ2v) is 3.63. The minimum absolute atomic E-state index is 0.103. The van der Waals surface area contributed by atoms with Crippen molar-refractivity contribution in [3.05, 3.63) is 54.1 Å². The lowest BCUT2D eigenvalue weighted by Gasteiger charge is -2.12. The Kier molecular flexibility index (Phi) is 3.66. The summed E-state index contributed by atoms with van der Waals surface area (Å²) in [5.41, 5.74) is 0.216. The molecule has 0 aliphatic rings. The second kappa shape index (κ2) is 5.23. The van der Waals surface area contributed by atoms with Crippen LogP contribution < -0.4 is 4.74 Å². The Labute approximate surface area is 106 Å². The third kappa shape index (κ3) is 3.65. The van der Waals surface area contributed by atoms with Crippen LogP contribution in [0.1, 0.15) is 17.5 Å². The van der Waals surface area contributed by atoms with E-state index < -0.39 is 18.2 Å². The maximum absolute atomic E-state index is 12.1. The van der Waals surface area contributed by atoms with E-state index in [0.29, 0.717) is 0 Å². The number of aromatic nitrogens is 2. The molecule has 0 radical (unpaired) electrons. The summed E-state index contributed by atoms with van der Waals surface area (Å²) in [6.45, 7) is 0. The monoisotopic (exact) mass is 270 g/mol. The summed E-state index contributed by atoms with van der Waals surface area (Å²) in [5.74, 6) is -0.299. The Balaban J connectivity index is 2.24. The Morgan fingerprint density at radius 2 is 1.79 bits per heavy atom. The van der Waals surface area contributed by atoms with Gasteiger partial charge in [0.2, 0.25) is 0 Å². The zero-order valence-electron chi connectivity index (χ0n) is 9.50. The van der Waals surface area contributed by atoms with Gasteiger partial charge in [-0.2, -0.15) is 0 Å². The standard InChI is InChI=1S/C12H9F3N2O2/c13-12(14,15)19-9-4-1-3-8(7-9)10(18)11-16-5-2-6-17-11/h1-7,10,18H. The van der Waals surface area contributed by atoms with Crippen molar-refractivity contribution in [2.45, 2.75) is 12.5 Å². The molecule has 0 bridgehead atoms. The molecular weight excluding hydrogens is 261 g/mol. The highest BCUT2D eigenvalue weighted by molar-refractivity contribution is 5.32. The summed E-state index contributed by atoms with van der Waals surface area (Å²) >= 11 is 0. The van der Waals surface area contributed by atoms with E-state index in [2.05, 4.69) is 14.7 Å². The number of nitrogens with zero attached hydrogens (tertiary/aromatic N) is 2. The molecule has 1 aromatic carbocycles. The van der Waals surface area contributed by atoms with Gasteiger partial charge < -0.3 is 9.84 Å². The Morgan fingerprint density at radius 3 is 2.42 bits per heavy atom. The summed E-state index contributed by atoms with van der Waals surface area (Å²) in [7, 11) is 0. The number of benzene rings is 1. The van der Waals surface area contributed by atoms with Crippen LogP contribution in [0.15, 0.2) is 42.7 Å². The molecule has 100 valence electrons. The molecule has 1 heterocycles. The van der Waals surface area contributed by atoms with E-state index in [1.807, 2.05) is 0 Å². The topological polar surface area (TPSA) is 55.2 Å². The van der Waals surface area contributed by atoms with Gasteiger partial charge in [-0.3, -0.25) is 0 Å². The van der Waals surface area contributed by atoms with Gasteiger partial charge in [-0.1, -0.05) is 12.1 Å². The largest absolute Gasteiger partial charge is 0.573 e. The third-order valence-electron chi connectivity index (χ3n) is 2.24. The molecule has 1 N–H and O–H groups in total. The molecule has 0 amide bonds. The van der Waals surface area contributed by atoms with Crippen LogP contribution in [0.4, 0.5) is 13.2 Å². The second-order valence-electron chi connectivity index (χ2n) is 3.63. The molecule has 19 heavy (non-hydrogen) atoms. The van der Waals surface area contributed by atoms with Crippen molar-refractivity contribution < 1.29 is 23.0 Å². The first-order valence-corrected chi connectivity index (χ1v) is 5.26. The number of alkyl halides is 3. The number of aliphatic hydroxyl groups excluding tert-OH is 1. The van der Waals surface area contributed by atoms with Crippen molar-refractivity contribution in [2.75, 3.05) is 0 Å². The average Bonchev–Trinajstić information content (AvgIpc) is 2.37. The highest BCUT2D eigenvalue weighted by Crippen LogP contribution is 2.26. The van der Waals surface area contributed by atoms with E-state index >= 15 is 0 Å². The minimum atomic E-state index is -4.77. The van der Waals surface area contributed by atoms with Crippen molar-refractivity contribution >= 4 is 0 Å². The molecule has 0 spiro atoms. The molecule has 7 heteroatoms. The highest BCUT2D eigenvalue weighted by Gasteiger charge is 2.31. The van der Waals surface area contributed by atoms with Crippen LogP contribution in [0.3, 0.4) is 0 Å². The molecule has 0 saturated heterocycles. The molecule has 0 aliphatic heterocycles. The SMILES string of the molecule is OC(c1cccc(OC(F)(F)F)c1)c1ncccn1. The third-order valence-corrected chi connectivity index (χ3v) is 2.24. The summed E-state index contributed by atoms with van der Waals surface area (Å²) < 4.78 is 40.0. The first-order chi connectivity index (χ1) is 8.96. The van der Waals surface area contributed by atoms with Crippen LogP contribution >= 0.6 is 0 Å². The molecule has 1 atom stereocenters. The van der Waals surface area contributed by atoms with Crippen molar-refractivity contribution in [1.82, 2.24) is 9.97 Å². The van der Waals surface area contributed by atoms with E-state index in [1.54, 1.807) is 6.07 Å². The fraction of sp³-hybridized carbons (Fsp3) is 0.167. The normalized spacial score (nSPS) is 13.1. The van der Waals surface area contributed by atoms with E-state index in [1.165, 1.54) is 24.5 Å². The first kappa shape index (κ1) is 13.3. The zero-order chi connectivity index (χ0) is 13.9. The first-order valence-electron chi connectivity index (χ1n) is 5.26. The number of hydrogen-bond donors (Lipinski definition) is 1. The van der Waals surface area contributed by atoms with Gasteiger partial charge in [0.05, 0.1) is 0 Å². The van der Waals surface area contributed by atoms with Gasteiger partial charge in [0.1, 0.15) is 11.9 Å². The van der Waals surface area contributed by atoms with Gasteiger partial charge in [-0.25, -0.2) is 9.97 Å². The lowest BCUT2D eigenvalue weighted by atomic mass is 10.1. The molecule has 2 aromatic rings. The van der Waals surface area contributed by atoms with Gasteiger partial charge in [0, 0.05) is 12.4 Å². The Morgan fingerprint density at radius 1 is 1.11 bits per heavy atom. The van der Waals surface area contributed by atoms with E-state index in [-0.39, 0.29) is 11.4 Å². The van der Waals surface area contributed by atoms with Crippen molar-refractivity contribution in [1.29, 1.82) is 0 Å². The predicted molar refractivity (Wildman–Crippen MR) is 59.2 cm³/mol. The van der Waals surface area contributed by atoms with Crippen LogP contribution in [0, 0.1) is 0 Å². The fourth-order valence-corrected chi connectivity index (χ4v) is 1.48. The molecule has 1 unspecified atom stereocenters. The smallest absolute Gasteiger partial charge is 0.406 e. The minimum Gasteiger partial charge on any atom is -0.406 e. The van der Waals surface area contributed by atoms with Crippen LogP contribution in [0.2, 0.25) is 0 Å². The van der Waals surface area contributed by atoms with E-state index in [9.17, 15) is 18.3 Å². The van der Waals surface area contributed by atoms with Gasteiger partial charge in [0.15, 0.2) is 5.82 Å². The summed E-state index contributed by atoms with van der Waals surface area (Å²) in [6, 6.07) is 6.62. The quantitative estimate of drug-likeness (QED) is 0.930. The fourth-order valence-electron chi connectivity index (χ4n) is 1.48. The van der Waals surface area contributed by atoms with E-state index in [0.717, 1.165) is 12.1 Å². The molecule has 0 aliphatic carbocycles. The van der Waals surface area contributed by atoms with Crippen LogP contribution in [-0.4, -0.2) is 21.4 Å². The molecule has 1 aromatic heterocycles. The van der Waals surface area contributed by atoms with Gasteiger partial charge >= 0.3 is 6.36 Å². The number of halogens is 3. The zero-order valence-corrected chi connectivity index (χ0v) is 9.50. The maximum Gasteiger partial charge on any atom is 0.573 e. The summed E-state index contributed by atoms with van der Waals surface area (Å²) in [5, 5.41) is 9.95. The average molecular weight is 270 g/mol. The number of hydrogen-bond acceptors (Lipinski definition) is 4. The molecular formula is C12H9F3N2O2. The number of ether oxygens (including phenoxy) is 1. The van der Waals surface area contributed by atoms with Crippen LogP contribution in [0.5, 0.6) is 5.75 Å². The van der Waals surface area contributed by atoms with Crippen LogP contribution in [0.25, 0.3) is 0 Å². The summed E-state index contributed by atoms with van der Waals surface area (Å²) in [4.78, 5) is 7.67. The molecule has 2 rings (SSSR count). The lowest BCUT2D eigenvalue weighted by Crippen LogP contribution is -2.17. The maximum atomic E-state index is 12.1. The van der Waals surface area contributed by atoms with Gasteiger partial charge in [-0.15, -0.1) is 13.2 Å². The van der Waals surface area contributed by atoms with Gasteiger partial charge in [-0.05, 0) is 23.8 Å². The molecule has 0 fully saturated rings. The van der Waals surface area contributed by atoms with Crippen molar-refractivity contribution in [3.8, 4) is 5.75 Å². The van der Waals surface area contributed by atoms with Gasteiger partial charge in [0.25, 0.3) is 0 Å². The van der Waals surface area contributed by atoms with Crippen LogP contribution in [-0.2, 0) is 0 Å². The predicted octanol–water partition coefficient (Wildman–Crippen LogP) is 2.46. The highest BCUT2D eigenvalue weighted by atomic mass is 19.4. The summed E-state index contributed by atoms with van der Waals surface area (Å²) in [6.07, 6.45) is -3.12. The van der Waals surface area contributed by atoms with Crippen molar-refractivity contribution in [3.63, 3.8) is 0 Å². The van der Waals surface area contributed by atoms with Crippen molar-refractivity contribution in [2.24, 2.45) is 0 Å².